The van der Waals surface area contributed by atoms with Crippen LogP contribution in [-0.2, 0) is 5.41 Å². The summed E-state index contributed by atoms with van der Waals surface area (Å²) in [5.41, 5.74) is 0.557. The Morgan fingerprint density at radius 3 is 2.85 bits per heavy atom. The monoisotopic (exact) mass is 178 g/mol. The van der Waals surface area contributed by atoms with Crippen molar-refractivity contribution >= 4 is 11.0 Å². The second-order valence-electron chi connectivity index (χ2n) is 4.03. The second kappa shape index (κ2) is 2.55. The van der Waals surface area contributed by atoms with Crippen molar-refractivity contribution in [3.63, 3.8) is 0 Å². The minimum absolute atomic E-state index is 0.0120. The number of hydrogen-bond donors (Lipinski definition) is 1. The number of nitrogens with one attached hydrogen (secondary N) is 1. The highest BCUT2D eigenvalue weighted by atomic mass is 15.1. The van der Waals surface area contributed by atoms with Crippen LogP contribution in [0.1, 0.15) is 30.4 Å². The van der Waals surface area contributed by atoms with Crippen molar-refractivity contribution in [2.24, 2.45) is 0 Å². The van der Waals surface area contributed by atoms with Gasteiger partial charge in [-0.3, -0.25) is 5.10 Å². The Bertz CT molecular complexity index is 554. The first-order valence-corrected chi connectivity index (χ1v) is 4.14. The van der Waals surface area contributed by atoms with Crippen LogP contribution in [0.25, 0.3) is 11.0 Å². The zero-order chi connectivity index (χ0) is 12.1. The Morgan fingerprint density at radius 1 is 1.38 bits per heavy atom. The lowest BCUT2D eigenvalue weighted by molar-refractivity contribution is 0.588. The zero-order valence-corrected chi connectivity index (χ0v) is 7.89. The third kappa shape index (κ3) is 1.41. The molecule has 1 N–H and O–H groups in total. The van der Waals surface area contributed by atoms with E-state index in [1.807, 2.05) is 20.8 Å². The molecule has 0 saturated carbocycles. The first kappa shape index (κ1) is 5.37. The van der Waals surface area contributed by atoms with Gasteiger partial charge < -0.3 is 0 Å². The first-order valence-electron chi connectivity index (χ1n) is 5.64. The molecule has 0 fully saturated rings. The number of aromatic amines is 1. The molecule has 0 atom stereocenters. The van der Waals surface area contributed by atoms with Gasteiger partial charge in [-0.05, 0) is 17.0 Å². The van der Waals surface area contributed by atoms with Crippen LogP contribution in [0.15, 0.2) is 18.4 Å². The van der Waals surface area contributed by atoms with Crippen molar-refractivity contribution in [2.45, 2.75) is 26.2 Å². The van der Waals surface area contributed by atoms with E-state index in [1.54, 1.807) is 0 Å². The average Bonchev–Trinajstić information content (AvgIpc) is 2.44. The maximum Gasteiger partial charge on any atom is 0.155 e. The zero-order valence-electron chi connectivity index (χ0n) is 10.9. The lowest BCUT2D eigenvalue weighted by Crippen LogP contribution is -2.11. The molecular formula is C10H13N3. The predicted molar refractivity (Wildman–Crippen MR) is 52.6 cm³/mol. The fourth-order valence-electron chi connectivity index (χ4n) is 1.03. The molecule has 3 heteroatoms. The summed E-state index contributed by atoms with van der Waals surface area (Å²) in [6, 6.07) is 0.182. The first-order chi connectivity index (χ1) is 7.32. The van der Waals surface area contributed by atoms with Gasteiger partial charge in [0.1, 0.15) is 0 Å². The molecule has 0 unspecified atom stereocenters. The average molecular weight is 178 g/mol. The van der Waals surface area contributed by atoms with Crippen LogP contribution in [0.2, 0.25) is 0 Å². The van der Waals surface area contributed by atoms with Crippen LogP contribution in [0.4, 0.5) is 0 Å². The molecule has 0 aliphatic rings. The fourth-order valence-corrected chi connectivity index (χ4v) is 1.03. The van der Waals surface area contributed by atoms with Gasteiger partial charge in [0.05, 0.1) is 10.3 Å². The van der Waals surface area contributed by atoms with Crippen molar-refractivity contribution in [3.05, 3.63) is 24.0 Å². The molecule has 0 spiro atoms. The Morgan fingerprint density at radius 2 is 2.15 bits per heavy atom. The van der Waals surface area contributed by atoms with Gasteiger partial charge in [0.15, 0.2) is 5.65 Å². The molecule has 0 aliphatic carbocycles. The van der Waals surface area contributed by atoms with E-state index >= 15 is 0 Å². The largest absolute Gasteiger partial charge is 0.261 e. The topological polar surface area (TPSA) is 41.6 Å². The SMILES string of the molecule is [2H]c1nc2[nH]nc([2H])c2c([2H])c1C(C)(C)C. The molecule has 0 aromatic carbocycles. The number of hydrogen-bond acceptors (Lipinski definition) is 2. The van der Waals surface area contributed by atoms with Crippen molar-refractivity contribution in [2.75, 3.05) is 0 Å². The van der Waals surface area contributed by atoms with Crippen LogP contribution < -0.4 is 0 Å². The summed E-state index contributed by atoms with van der Waals surface area (Å²) in [6.45, 7) is 5.78. The maximum absolute atomic E-state index is 8.05. The van der Waals surface area contributed by atoms with Gasteiger partial charge in [-0.1, -0.05) is 20.8 Å². The van der Waals surface area contributed by atoms with Gasteiger partial charge in [-0.15, -0.1) is 0 Å². The molecule has 2 rings (SSSR count). The highest BCUT2D eigenvalue weighted by Crippen LogP contribution is 2.23. The van der Waals surface area contributed by atoms with Gasteiger partial charge in [-0.2, -0.15) is 5.10 Å². The number of H-pyrrole nitrogens is 1. The van der Waals surface area contributed by atoms with Crippen molar-refractivity contribution in [1.82, 2.24) is 15.2 Å². The molecule has 0 aliphatic heterocycles. The minimum atomic E-state index is -0.334. The summed E-state index contributed by atoms with van der Waals surface area (Å²) in [6.07, 6.45) is 0.0895. The summed E-state index contributed by atoms with van der Waals surface area (Å²) in [5, 5.41) is 6.65. The standard InChI is InChI=1S/C10H13N3/c1-10(2,3)8-4-7-5-12-13-9(7)11-6-8/h4-6H,1-3H3,(H,11,12,13)/i4D,5D,6D. The quantitative estimate of drug-likeness (QED) is 0.672. The van der Waals surface area contributed by atoms with Crippen LogP contribution in [0.5, 0.6) is 0 Å². The summed E-state index contributed by atoms with van der Waals surface area (Å²) in [4.78, 5) is 4.03. The van der Waals surface area contributed by atoms with Crippen LogP contribution >= 0.6 is 0 Å². The van der Waals surface area contributed by atoms with E-state index in [2.05, 4.69) is 15.2 Å². The van der Waals surface area contributed by atoms with Gasteiger partial charge in [0, 0.05) is 11.6 Å². The molecule has 2 aromatic heterocycles. The fraction of sp³-hybridized carbons (Fsp3) is 0.400. The highest BCUT2D eigenvalue weighted by Gasteiger charge is 2.14. The van der Waals surface area contributed by atoms with Crippen molar-refractivity contribution in [1.29, 1.82) is 0 Å². The summed E-state index contributed by atoms with van der Waals surface area (Å²) < 4.78 is 23.5. The molecule has 0 saturated heterocycles. The van der Waals surface area contributed by atoms with Gasteiger partial charge in [-0.25, -0.2) is 4.98 Å². The Kier molecular flexibility index (Phi) is 1.05. The Labute approximate surface area is 81.4 Å². The lowest BCUT2D eigenvalue weighted by Gasteiger charge is -2.17. The van der Waals surface area contributed by atoms with E-state index in [0.29, 0.717) is 16.6 Å². The number of fused-ring (bicyclic) bond motifs is 1. The number of nitrogens with zero attached hydrogens (tertiary/aromatic N) is 2. The summed E-state index contributed by atoms with van der Waals surface area (Å²) >= 11 is 0. The molecule has 0 radical (unpaired) electrons. The smallest absolute Gasteiger partial charge is 0.155 e. The highest BCUT2D eigenvalue weighted by molar-refractivity contribution is 5.74. The molecule has 0 amide bonds. The molecular weight excluding hydrogens is 162 g/mol. The third-order valence-corrected chi connectivity index (χ3v) is 1.85. The van der Waals surface area contributed by atoms with E-state index < -0.39 is 0 Å². The molecule has 3 nitrogen and oxygen atoms in total. The minimum Gasteiger partial charge on any atom is -0.261 e. The number of aromatic nitrogens is 3. The predicted octanol–water partition coefficient (Wildman–Crippen LogP) is 2.26. The van der Waals surface area contributed by atoms with Gasteiger partial charge in [0.2, 0.25) is 0 Å². The van der Waals surface area contributed by atoms with E-state index in [9.17, 15) is 0 Å². The molecule has 2 aromatic rings. The second-order valence-corrected chi connectivity index (χ2v) is 4.03. The van der Waals surface area contributed by atoms with Gasteiger partial charge in [0.25, 0.3) is 0 Å². The summed E-state index contributed by atoms with van der Waals surface area (Å²) in [7, 11) is 0. The van der Waals surface area contributed by atoms with Crippen molar-refractivity contribution < 1.29 is 4.11 Å². The molecule has 2 heterocycles. The maximum atomic E-state index is 8.05. The van der Waals surface area contributed by atoms with E-state index in [1.165, 1.54) is 0 Å². The van der Waals surface area contributed by atoms with Gasteiger partial charge >= 0.3 is 0 Å². The van der Waals surface area contributed by atoms with E-state index in [4.69, 9.17) is 4.11 Å². The van der Waals surface area contributed by atoms with E-state index in [-0.39, 0.29) is 23.8 Å². The van der Waals surface area contributed by atoms with Crippen LogP contribution in [0.3, 0.4) is 0 Å². The normalized spacial score (nSPS) is 15.5. The van der Waals surface area contributed by atoms with Crippen LogP contribution in [-0.4, -0.2) is 15.2 Å². The Hall–Kier alpha value is -1.38. The Balaban J connectivity index is 2.90. The third-order valence-electron chi connectivity index (χ3n) is 1.85. The molecule has 0 bridgehead atoms. The van der Waals surface area contributed by atoms with Crippen molar-refractivity contribution in [3.8, 4) is 0 Å². The van der Waals surface area contributed by atoms with Crippen LogP contribution in [0, 0.1) is 0 Å². The summed E-state index contributed by atoms with van der Waals surface area (Å²) in [5.74, 6) is 0. The molecule has 13 heavy (non-hydrogen) atoms. The number of rotatable bonds is 0. The lowest BCUT2D eigenvalue weighted by atomic mass is 9.88. The number of pyridine rings is 1. The van der Waals surface area contributed by atoms with E-state index in [0.717, 1.165) is 0 Å². The molecule has 68 valence electrons.